The minimum Gasteiger partial charge on any atom is -0.336 e. The van der Waals surface area contributed by atoms with Crippen LogP contribution in [0.15, 0.2) is 0 Å². The van der Waals surface area contributed by atoms with Crippen molar-refractivity contribution in [3.63, 3.8) is 0 Å². The molecule has 2 amide bonds. The molecule has 1 aliphatic heterocycles. The molecule has 2 fully saturated rings. The summed E-state index contributed by atoms with van der Waals surface area (Å²) in [7, 11) is 0. The van der Waals surface area contributed by atoms with E-state index in [2.05, 4.69) is 16.0 Å². The number of piperidine rings is 1. The Bertz CT molecular complexity index is 272. The van der Waals surface area contributed by atoms with Crippen LogP contribution >= 0.6 is 0 Å². The van der Waals surface area contributed by atoms with Gasteiger partial charge in [-0.1, -0.05) is 6.42 Å². The van der Waals surface area contributed by atoms with Gasteiger partial charge in [0, 0.05) is 12.1 Å². The summed E-state index contributed by atoms with van der Waals surface area (Å²) in [6, 6.07) is 0.591. The molecular formula is C13H25N3O. The van der Waals surface area contributed by atoms with E-state index in [1.807, 2.05) is 13.8 Å². The third-order valence-corrected chi connectivity index (χ3v) is 4.23. The normalized spacial score (nSPS) is 27.4. The minimum absolute atomic E-state index is 0.00445. The molecule has 3 N–H and O–H groups in total. The second-order valence-corrected chi connectivity index (χ2v) is 5.83. The highest BCUT2D eigenvalue weighted by Gasteiger charge is 2.43. The van der Waals surface area contributed by atoms with E-state index in [1.165, 1.54) is 25.7 Å². The summed E-state index contributed by atoms with van der Waals surface area (Å²) in [5, 5.41) is 9.53. The fraction of sp³-hybridized carbons (Fsp3) is 0.923. The third-order valence-electron chi connectivity index (χ3n) is 4.23. The predicted molar refractivity (Wildman–Crippen MR) is 69.0 cm³/mol. The zero-order valence-corrected chi connectivity index (χ0v) is 11.0. The molecule has 98 valence electrons. The average Bonchev–Trinajstić information content (AvgIpc) is 2.61. The van der Waals surface area contributed by atoms with Crippen molar-refractivity contribution in [2.24, 2.45) is 5.41 Å². The van der Waals surface area contributed by atoms with Gasteiger partial charge < -0.3 is 16.0 Å². The van der Waals surface area contributed by atoms with Crippen LogP contribution in [0, 0.1) is 5.41 Å². The zero-order chi connectivity index (χ0) is 12.3. The van der Waals surface area contributed by atoms with Crippen LogP contribution in [-0.2, 0) is 0 Å². The summed E-state index contributed by atoms with van der Waals surface area (Å²) in [4.78, 5) is 11.8. The molecule has 0 aromatic carbocycles. The van der Waals surface area contributed by atoms with Gasteiger partial charge in [0.2, 0.25) is 0 Å². The first-order valence-electron chi connectivity index (χ1n) is 6.90. The van der Waals surface area contributed by atoms with Gasteiger partial charge in [-0.15, -0.1) is 0 Å². The molecule has 0 bridgehead atoms. The number of hydrogen-bond donors (Lipinski definition) is 3. The first kappa shape index (κ1) is 12.7. The number of carbonyl (C=O) groups is 1. The van der Waals surface area contributed by atoms with E-state index in [9.17, 15) is 4.79 Å². The predicted octanol–water partition coefficient (Wildman–Crippen LogP) is 1.62. The Hall–Kier alpha value is -0.770. The summed E-state index contributed by atoms with van der Waals surface area (Å²) in [6.45, 7) is 6.19. The maximum absolute atomic E-state index is 11.8. The fourth-order valence-electron chi connectivity index (χ4n) is 3.35. The molecule has 4 heteroatoms. The van der Waals surface area contributed by atoms with Crippen molar-refractivity contribution in [1.82, 2.24) is 16.0 Å². The van der Waals surface area contributed by atoms with Crippen LogP contribution < -0.4 is 16.0 Å². The number of rotatable bonds is 2. The van der Waals surface area contributed by atoms with E-state index < -0.39 is 0 Å². The number of carbonyl (C=O) groups excluding carboxylic acids is 1. The lowest BCUT2D eigenvalue weighted by molar-refractivity contribution is 0.159. The van der Waals surface area contributed by atoms with Crippen LogP contribution in [-0.4, -0.2) is 31.2 Å². The van der Waals surface area contributed by atoms with Gasteiger partial charge in [-0.05, 0) is 58.0 Å². The maximum atomic E-state index is 11.8. The van der Waals surface area contributed by atoms with Gasteiger partial charge in [-0.2, -0.15) is 0 Å². The second-order valence-electron chi connectivity index (χ2n) is 5.83. The molecular weight excluding hydrogens is 214 g/mol. The van der Waals surface area contributed by atoms with Crippen molar-refractivity contribution in [2.45, 2.75) is 58.0 Å². The van der Waals surface area contributed by atoms with Crippen molar-refractivity contribution >= 4 is 6.03 Å². The van der Waals surface area contributed by atoms with Crippen molar-refractivity contribution < 1.29 is 4.79 Å². The van der Waals surface area contributed by atoms with Gasteiger partial charge >= 0.3 is 6.03 Å². The van der Waals surface area contributed by atoms with E-state index >= 15 is 0 Å². The second kappa shape index (κ2) is 5.25. The Labute approximate surface area is 104 Å². The van der Waals surface area contributed by atoms with Gasteiger partial charge in [0.05, 0.1) is 0 Å². The highest BCUT2D eigenvalue weighted by atomic mass is 16.2. The van der Waals surface area contributed by atoms with Crippen LogP contribution in [0.25, 0.3) is 0 Å². The lowest BCUT2D eigenvalue weighted by atomic mass is 9.74. The molecule has 2 aliphatic rings. The topological polar surface area (TPSA) is 53.2 Å². The van der Waals surface area contributed by atoms with Crippen LogP contribution in [0.4, 0.5) is 4.79 Å². The molecule has 0 aromatic heterocycles. The van der Waals surface area contributed by atoms with E-state index in [4.69, 9.17) is 0 Å². The zero-order valence-electron chi connectivity index (χ0n) is 11.0. The van der Waals surface area contributed by atoms with Crippen LogP contribution in [0.2, 0.25) is 0 Å². The smallest absolute Gasteiger partial charge is 0.315 e. The molecule has 1 unspecified atom stereocenters. The third kappa shape index (κ3) is 2.92. The van der Waals surface area contributed by atoms with Crippen LogP contribution in [0.3, 0.4) is 0 Å². The molecule has 2 rings (SSSR count). The molecule has 0 radical (unpaired) electrons. The lowest BCUT2D eigenvalue weighted by Crippen LogP contribution is -2.52. The minimum atomic E-state index is 0.00445. The standard InChI is InChI=1S/C13H25N3O/c1-10(2)15-12(17)16-11-4-3-5-13(11)6-8-14-9-7-13/h10-11,14H,3-9H2,1-2H3,(H2,15,16,17). The number of urea groups is 1. The lowest BCUT2D eigenvalue weighted by Gasteiger charge is -2.39. The Morgan fingerprint density at radius 2 is 2.00 bits per heavy atom. The summed E-state index contributed by atoms with van der Waals surface area (Å²) in [5.41, 5.74) is 0.375. The molecule has 1 aliphatic carbocycles. The van der Waals surface area contributed by atoms with E-state index in [1.54, 1.807) is 0 Å². The highest BCUT2D eigenvalue weighted by molar-refractivity contribution is 5.74. The summed E-state index contributed by atoms with van der Waals surface area (Å²) in [5.74, 6) is 0. The average molecular weight is 239 g/mol. The summed E-state index contributed by atoms with van der Waals surface area (Å²) in [6.07, 6.45) is 6.10. The van der Waals surface area contributed by atoms with Gasteiger partial charge in [0.25, 0.3) is 0 Å². The molecule has 1 spiro atoms. The van der Waals surface area contributed by atoms with E-state index in [-0.39, 0.29) is 12.1 Å². The SMILES string of the molecule is CC(C)NC(=O)NC1CCCC12CCNCC2. The van der Waals surface area contributed by atoms with E-state index in [0.717, 1.165) is 19.5 Å². The Morgan fingerprint density at radius 3 is 2.65 bits per heavy atom. The van der Waals surface area contributed by atoms with E-state index in [0.29, 0.717) is 11.5 Å². The van der Waals surface area contributed by atoms with Crippen LogP contribution in [0.5, 0.6) is 0 Å². The molecule has 1 heterocycles. The van der Waals surface area contributed by atoms with Crippen molar-refractivity contribution in [1.29, 1.82) is 0 Å². The van der Waals surface area contributed by atoms with Gasteiger partial charge in [-0.3, -0.25) is 0 Å². The summed E-state index contributed by atoms with van der Waals surface area (Å²) >= 11 is 0. The first-order chi connectivity index (χ1) is 8.12. The summed E-state index contributed by atoms with van der Waals surface area (Å²) < 4.78 is 0. The number of nitrogens with one attached hydrogen (secondary N) is 3. The molecule has 4 nitrogen and oxygen atoms in total. The van der Waals surface area contributed by atoms with Gasteiger partial charge in [-0.25, -0.2) is 4.79 Å². The van der Waals surface area contributed by atoms with Crippen molar-refractivity contribution in [3.05, 3.63) is 0 Å². The quantitative estimate of drug-likeness (QED) is 0.686. The number of hydrogen-bond acceptors (Lipinski definition) is 2. The Balaban J connectivity index is 1.92. The molecule has 1 atom stereocenters. The molecule has 0 aromatic rings. The Kier molecular flexibility index (Phi) is 3.92. The molecule has 17 heavy (non-hydrogen) atoms. The van der Waals surface area contributed by atoms with Crippen LogP contribution in [0.1, 0.15) is 46.0 Å². The first-order valence-corrected chi connectivity index (χ1v) is 6.90. The number of amides is 2. The highest BCUT2D eigenvalue weighted by Crippen LogP contribution is 2.45. The van der Waals surface area contributed by atoms with Gasteiger partial charge in [0.1, 0.15) is 0 Å². The monoisotopic (exact) mass is 239 g/mol. The molecule has 1 saturated heterocycles. The van der Waals surface area contributed by atoms with Crippen molar-refractivity contribution in [3.8, 4) is 0 Å². The van der Waals surface area contributed by atoms with Crippen molar-refractivity contribution in [2.75, 3.05) is 13.1 Å². The van der Waals surface area contributed by atoms with Gasteiger partial charge in [0.15, 0.2) is 0 Å². The largest absolute Gasteiger partial charge is 0.336 e. The Morgan fingerprint density at radius 1 is 1.29 bits per heavy atom. The molecule has 1 saturated carbocycles. The maximum Gasteiger partial charge on any atom is 0.315 e. The fourth-order valence-corrected chi connectivity index (χ4v) is 3.35.